The minimum atomic E-state index is -3.01. The highest BCUT2D eigenvalue weighted by Gasteiger charge is 2.41. The van der Waals surface area contributed by atoms with Crippen molar-refractivity contribution in [3.8, 4) is 0 Å². The van der Waals surface area contributed by atoms with E-state index in [1.54, 1.807) is 20.9 Å². The highest BCUT2D eigenvalue weighted by atomic mass is 127. The fraction of sp³-hybridized carbons (Fsp3) is 0.933. The zero-order chi connectivity index (χ0) is 16.4. The fourth-order valence-electron chi connectivity index (χ4n) is 3.33. The molecule has 0 aliphatic carbocycles. The summed E-state index contributed by atoms with van der Waals surface area (Å²) in [7, 11) is 0.925. The van der Waals surface area contributed by atoms with Gasteiger partial charge in [0, 0.05) is 33.2 Å². The van der Waals surface area contributed by atoms with Crippen molar-refractivity contribution in [1.82, 2.24) is 15.1 Å². The van der Waals surface area contributed by atoms with Crippen molar-refractivity contribution in [2.75, 3.05) is 52.6 Å². The highest BCUT2D eigenvalue weighted by Crippen LogP contribution is 2.23. The van der Waals surface area contributed by atoms with Crippen molar-refractivity contribution in [1.29, 1.82) is 0 Å². The molecule has 2 heterocycles. The Kier molecular flexibility index (Phi) is 7.59. The Bertz CT molecular complexity index is 522. The molecule has 0 spiro atoms. The molecule has 8 heteroatoms. The largest absolute Gasteiger partial charge is 0.356 e. The normalized spacial score (nSPS) is 28.1. The van der Waals surface area contributed by atoms with Crippen LogP contribution in [0.2, 0.25) is 0 Å². The van der Waals surface area contributed by atoms with Gasteiger partial charge in [-0.25, -0.2) is 8.42 Å². The molecule has 0 radical (unpaired) electrons. The topological polar surface area (TPSA) is 65.0 Å². The minimum absolute atomic E-state index is 0. The van der Waals surface area contributed by atoms with Gasteiger partial charge in [0.1, 0.15) is 0 Å². The van der Waals surface area contributed by atoms with E-state index in [1.807, 2.05) is 0 Å². The van der Waals surface area contributed by atoms with Gasteiger partial charge in [-0.15, -0.1) is 24.0 Å². The first-order chi connectivity index (χ1) is 10.2. The summed E-state index contributed by atoms with van der Waals surface area (Å²) < 4.78 is 23.5. The van der Waals surface area contributed by atoms with Gasteiger partial charge in [0.15, 0.2) is 15.8 Å². The molecule has 1 atom stereocenters. The Morgan fingerprint density at radius 1 is 1.35 bits per heavy atom. The van der Waals surface area contributed by atoms with E-state index in [4.69, 9.17) is 0 Å². The monoisotopic (exact) mass is 458 g/mol. The van der Waals surface area contributed by atoms with Gasteiger partial charge in [0.2, 0.25) is 0 Å². The molecule has 0 amide bonds. The third-order valence-electron chi connectivity index (χ3n) is 4.83. The second-order valence-corrected chi connectivity index (χ2v) is 9.94. The maximum absolute atomic E-state index is 12.1. The second-order valence-electron chi connectivity index (χ2n) is 7.20. The third kappa shape index (κ3) is 5.19. The first kappa shape index (κ1) is 21.0. The smallest absolute Gasteiger partial charge is 0.193 e. The van der Waals surface area contributed by atoms with E-state index in [9.17, 15) is 8.42 Å². The summed E-state index contributed by atoms with van der Waals surface area (Å²) in [5.74, 6) is 1.67. The standard InChI is InChI=1S/C15H30N4O2S.HI/c1-15(2)12-19(8-9-22(15,20)21)14(16-3)17-10-13-6-5-7-18(4)11-13;/h13H,5-12H2,1-4H3,(H,16,17);1H. The highest BCUT2D eigenvalue weighted by molar-refractivity contribution is 14.0. The van der Waals surface area contributed by atoms with Crippen LogP contribution in [0.5, 0.6) is 0 Å². The predicted octanol–water partition coefficient (Wildman–Crippen LogP) is 1.03. The van der Waals surface area contributed by atoms with Crippen molar-refractivity contribution in [2.45, 2.75) is 31.4 Å². The van der Waals surface area contributed by atoms with Crippen LogP contribution in [0.4, 0.5) is 0 Å². The summed E-state index contributed by atoms with van der Waals surface area (Å²) in [6.07, 6.45) is 2.49. The lowest BCUT2D eigenvalue weighted by Crippen LogP contribution is -2.57. The Hall–Kier alpha value is -0.0900. The number of guanidine groups is 1. The average molecular weight is 458 g/mol. The molecule has 136 valence electrons. The SMILES string of the molecule is CN=C(NCC1CCCN(C)C1)N1CCS(=O)(=O)C(C)(C)C1.I. The summed E-state index contributed by atoms with van der Waals surface area (Å²) in [4.78, 5) is 8.80. The van der Waals surface area contributed by atoms with Crippen molar-refractivity contribution in [3.05, 3.63) is 0 Å². The number of nitrogens with zero attached hydrogens (tertiary/aromatic N) is 3. The summed E-state index contributed by atoms with van der Waals surface area (Å²) in [6.45, 7) is 7.83. The van der Waals surface area contributed by atoms with Crippen LogP contribution in [0.25, 0.3) is 0 Å². The van der Waals surface area contributed by atoms with Crippen LogP contribution in [-0.2, 0) is 9.84 Å². The lowest BCUT2D eigenvalue weighted by atomic mass is 9.98. The molecule has 2 aliphatic rings. The first-order valence-electron chi connectivity index (χ1n) is 8.11. The molecule has 2 saturated heterocycles. The number of aliphatic imine (C=N–C) groups is 1. The van der Waals surface area contributed by atoms with Crippen LogP contribution in [-0.4, -0.2) is 81.5 Å². The predicted molar refractivity (Wildman–Crippen MR) is 106 cm³/mol. The van der Waals surface area contributed by atoms with Gasteiger partial charge in [-0.1, -0.05) is 0 Å². The molecule has 23 heavy (non-hydrogen) atoms. The third-order valence-corrected chi connectivity index (χ3v) is 7.36. The molecule has 1 unspecified atom stereocenters. The molecule has 0 aromatic heterocycles. The Morgan fingerprint density at radius 3 is 2.61 bits per heavy atom. The van der Waals surface area contributed by atoms with Crippen LogP contribution in [0.15, 0.2) is 4.99 Å². The van der Waals surface area contributed by atoms with E-state index in [0.29, 0.717) is 19.0 Å². The number of halogens is 1. The summed E-state index contributed by atoms with van der Waals surface area (Å²) in [5, 5.41) is 3.45. The van der Waals surface area contributed by atoms with Crippen molar-refractivity contribution < 1.29 is 8.42 Å². The number of piperidine rings is 1. The van der Waals surface area contributed by atoms with Crippen molar-refractivity contribution in [2.24, 2.45) is 10.9 Å². The number of hydrogen-bond donors (Lipinski definition) is 1. The van der Waals surface area contributed by atoms with E-state index >= 15 is 0 Å². The van der Waals surface area contributed by atoms with E-state index in [-0.39, 0.29) is 29.7 Å². The Morgan fingerprint density at radius 2 is 2.04 bits per heavy atom. The summed E-state index contributed by atoms with van der Waals surface area (Å²) >= 11 is 0. The zero-order valence-corrected chi connectivity index (χ0v) is 17.9. The maximum atomic E-state index is 12.1. The molecule has 2 aliphatic heterocycles. The number of likely N-dealkylation sites (tertiary alicyclic amines) is 1. The van der Waals surface area contributed by atoms with Gasteiger partial charge in [0.05, 0.1) is 10.5 Å². The molecule has 0 bridgehead atoms. The van der Waals surface area contributed by atoms with Gasteiger partial charge < -0.3 is 15.1 Å². The first-order valence-corrected chi connectivity index (χ1v) is 9.77. The maximum Gasteiger partial charge on any atom is 0.193 e. The molecule has 6 nitrogen and oxygen atoms in total. The lowest BCUT2D eigenvalue weighted by molar-refractivity contribution is 0.209. The lowest BCUT2D eigenvalue weighted by Gasteiger charge is -2.39. The van der Waals surface area contributed by atoms with Crippen molar-refractivity contribution in [3.63, 3.8) is 0 Å². The quantitative estimate of drug-likeness (QED) is 0.381. The molecule has 1 N–H and O–H groups in total. The number of rotatable bonds is 2. The second kappa shape index (κ2) is 8.33. The van der Waals surface area contributed by atoms with Crippen LogP contribution in [0.3, 0.4) is 0 Å². The van der Waals surface area contributed by atoms with Crippen molar-refractivity contribution >= 4 is 39.8 Å². The molecule has 2 rings (SSSR count). The Labute approximate surface area is 158 Å². The van der Waals surface area contributed by atoms with E-state index in [2.05, 4.69) is 27.2 Å². The van der Waals surface area contributed by atoms with Gasteiger partial charge in [-0.3, -0.25) is 4.99 Å². The minimum Gasteiger partial charge on any atom is -0.356 e. The van der Waals surface area contributed by atoms with Crippen LogP contribution < -0.4 is 5.32 Å². The molecule has 2 fully saturated rings. The van der Waals surface area contributed by atoms with Gasteiger partial charge in [0.25, 0.3) is 0 Å². The number of hydrogen-bond acceptors (Lipinski definition) is 4. The summed E-state index contributed by atoms with van der Waals surface area (Å²) in [5.41, 5.74) is 0. The fourth-order valence-corrected chi connectivity index (χ4v) is 4.70. The Balaban J connectivity index is 0.00000264. The molecule has 0 saturated carbocycles. The zero-order valence-electron chi connectivity index (χ0n) is 14.7. The van der Waals surface area contributed by atoms with Gasteiger partial charge >= 0.3 is 0 Å². The van der Waals surface area contributed by atoms with Crippen LogP contribution >= 0.6 is 24.0 Å². The van der Waals surface area contributed by atoms with Crippen LogP contribution in [0.1, 0.15) is 26.7 Å². The van der Waals surface area contributed by atoms with E-state index in [1.165, 1.54) is 19.4 Å². The molecule has 0 aromatic rings. The molecular formula is C15H31IN4O2S. The van der Waals surface area contributed by atoms with Crippen LogP contribution in [0, 0.1) is 5.92 Å². The van der Waals surface area contributed by atoms with E-state index in [0.717, 1.165) is 19.0 Å². The average Bonchev–Trinajstić information content (AvgIpc) is 2.43. The van der Waals surface area contributed by atoms with E-state index < -0.39 is 14.6 Å². The van der Waals surface area contributed by atoms with Gasteiger partial charge in [-0.05, 0) is 46.2 Å². The summed E-state index contributed by atoms with van der Waals surface area (Å²) in [6, 6.07) is 0. The number of nitrogens with one attached hydrogen (secondary N) is 1. The van der Waals surface area contributed by atoms with Gasteiger partial charge in [-0.2, -0.15) is 0 Å². The molecular weight excluding hydrogens is 427 g/mol. The molecule has 0 aromatic carbocycles. The number of sulfone groups is 1.